The third kappa shape index (κ3) is 3.31. The van der Waals surface area contributed by atoms with E-state index >= 15 is 0 Å². The molecule has 0 N–H and O–H groups in total. The van der Waals surface area contributed by atoms with E-state index in [-0.39, 0.29) is 6.54 Å². The van der Waals surface area contributed by atoms with Gasteiger partial charge in [0.2, 0.25) is 10.0 Å². The molecule has 0 radical (unpaired) electrons. The van der Waals surface area contributed by atoms with Crippen molar-refractivity contribution in [1.82, 2.24) is 4.31 Å². The lowest BCUT2D eigenvalue weighted by atomic mass is 10.2. The van der Waals surface area contributed by atoms with Crippen molar-refractivity contribution in [3.8, 4) is 6.07 Å². The van der Waals surface area contributed by atoms with Gasteiger partial charge in [-0.05, 0) is 18.1 Å². The Hall–Kier alpha value is -0.900. The minimum atomic E-state index is -3.56. The highest BCUT2D eigenvalue weighted by atomic mass is 79.9. The summed E-state index contributed by atoms with van der Waals surface area (Å²) < 4.78 is 26.3. The molecule has 6 heteroatoms. The van der Waals surface area contributed by atoms with Crippen LogP contribution in [0.15, 0.2) is 28.7 Å². The summed E-state index contributed by atoms with van der Waals surface area (Å²) in [7, 11) is -2.07. The van der Waals surface area contributed by atoms with E-state index < -0.39 is 15.3 Å². The molecule has 0 aliphatic rings. The second kappa shape index (κ2) is 6.32. The number of benzene rings is 1. The molecule has 1 atom stereocenters. The van der Waals surface area contributed by atoms with Gasteiger partial charge in [-0.1, -0.05) is 41.1 Å². The van der Waals surface area contributed by atoms with Crippen molar-refractivity contribution in [2.45, 2.75) is 25.1 Å². The molecule has 18 heavy (non-hydrogen) atoms. The Balaban J connectivity index is 2.93. The number of hydrogen-bond acceptors (Lipinski definition) is 3. The van der Waals surface area contributed by atoms with Gasteiger partial charge in [0.25, 0.3) is 0 Å². The monoisotopic (exact) mass is 330 g/mol. The molecule has 1 unspecified atom stereocenters. The van der Waals surface area contributed by atoms with Crippen LogP contribution in [-0.4, -0.2) is 25.0 Å². The number of nitriles is 1. The zero-order valence-corrected chi connectivity index (χ0v) is 12.7. The predicted molar refractivity (Wildman–Crippen MR) is 74.2 cm³/mol. The Morgan fingerprint density at radius 3 is 2.56 bits per heavy atom. The minimum absolute atomic E-state index is 0.252. The Morgan fingerprint density at radius 1 is 1.44 bits per heavy atom. The molecule has 0 amide bonds. The van der Waals surface area contributed by atoms with Crippen molar-refractivity contribution in [2.24, 2.45) is 0 Å². The van der Waals surface area contributed by atoms with Gasteiger partial charge in [-0.25, -0.2) is 8.42 Å². The Bertz CT molecular complexity index is 551. The van der Waals surface area contributed by atoms with E-state index in [4.69, 9.17) is 5.26 Å². The quantitative estimate of drug-likeness (QED) is 0.833. The largest absolute Gasteiger partial charge is 0.230 e. The molecule has 0 fully saturated rings. The maximum atomic E-state index is 12.1. The first kappa shape index (κ1) is 15.2. The maximum Gasteiger partial charge on any atom is 0.230 e. The van der Waals surface area contributed by atoms with Crippen LogP contribution in [0.3, 0.4) is 0 Å². The van der Waals surface area contributed by atoms with Crippen LogP contribution in [0.25, 0.3) is 0 Å². The van der Waals surface area contributed by atoms with E-state index in [1.54, 1.807) is 6.92 Å². The summed E-state index contributed by atoms with van der Waals surface area (Å²) in [5.74, 6) is 0. The highest BCUT2D eigenvalue weighted by Crippen LogP contribution is 2.20. The third-order valence-corrected chi connectivity index (χ3v) is 5.59. The molecule has 0 bridgehead atoms. The first-order valence-electron chi connectivity index (χ1n) is 5.51. The first-order chi connectivity index (χ1) is 8.43. The summed E-state index contributed by atoms with van der Waals surface area (Å²) in [4.78, 5) is 0. The average molecular weight is 331 g/mol. The summed E-state index contributed by atoms with van der Waals surface area (Å²) >= 11 is 3.38. The topological polar surface area (TPSA) is 61.2 Å². The van der Waals surface area contributed by atoms with Gasteiger partial charge >= 0.3 is 0 Å². The number of sulfonamides is 1. The summed E-state index contributed by atoms with van der Waals surface area (Å²) in [6.07, 6.45) is 0.291. The zero-order chi connectivity index (χ0) is 13.8. The van der Waals surface area contributed by atoms with Gasteiger partial charge in [-0.15, -0.1) is 0 Å². The van der Waals surface area contributed by atoms with Crippen molar-refractivity contribution >= 4 is 26.0 Å². The molecule has 98 valence electrons. The maximum absolute atomic E-state index is 12.1. The second-order valence-electron chi connectivity index (χ2n) is 3.92. The van der Waals surface area contributed by atoms with Crippen LogP contribution in [-0.2, 0) is 16.6 Å². The lowest BCUT2D eigenvalue weighted by Gasteiger charge is -2.20. The Kier molecular flexibility index (Phi) is 5.32. The molecule has 4 nitrogen and oxygen atoms in total. The lowest BCUT2D eigenvalue weighted by Crippen LogP contribution is -2.34. The van der Waals surface area contributed by atoms with Crippen molar-refractivity contribution in [1.29, 1.82) is 5.26 Å². The number of nitrogens with zero attached hydrogens (tertiary/aromatic N) is 2. The Labute approximate surface area is 116 Å². The minimum Gasteiger partial charge on any atom is -0.211 e. The summed E-state index contributed by atoms with van der Waals surface area (Å²) in [6.45, 7) is 1.94. The van der Waals surface area contributed by atoms with Gasteiger partial charge in [0.05, 0.1) is 6.07 Å². The fourth-order valence-electron chi connectivity index (χ4n) is 1.54. The molecule has 1 aromatic rings. The smallest absolute Gasteiger partial charge is 0.211 e. The van der Waals surface area contributed by atoms with E-state index in [1.807, 2.05) is 30.3 Å². The molecule has 0 spiro atoms. The average Bonchev–Trinajstić information content (AvgIpc) is 2.33. The van der Waals surface area contributed by atoms with Crippen LogP contribution in [0.4, 0.5) is 0 Å². The van der Waals surface area contributed by atoms with Crippen LogP contribution < -0.4 is 0 Å². The van der Waals surface area contributed by atoms with E-state index in [9.17, 15) is 8.42 Å². The molecule has 0 aromatic heterocycles. The molecule has 0 aliphatic heterocycles. The van der Waals surface area contributed by atoms with Gasteiger partial charge in [0.15, 0.2) is 5.25 Å². The highest BCUT2D eigenvalue weighted by Gasteiger charge is 2.28. The van der Waals surface area contributed by atoms with Gasteiger partial charge in [0, 0.05) is 18.1 Å². The first-order valence-corrected chi connectivity index (χ1v) is 7.81. The van der Waals surface area contributed by atoms with Crippen LogP contribution in [0.5, 0.6) is 0 Å². The molecule has 1 rings (SSSR count). The molecule has 0 aliphatic carbocycles. The standard InChI is InChI=1S/C12H15BrN2O2S/c1-3-11(8-14)18(16,17)15(2)9-10-6-4-5-7-12(10)13/h4-7,11H,3,9H2,1-2H3. The lowest BCUT2D eigenvalue weighted by molar-refractivity contribution is 0.459. The van der Waals surface area contributed by atoms with Crippen LogP contribution in [0.2, 0.25) is 0 Å². The fraction of sp³-hybridized carbons (Fsp3) is 0.417. The predicted octanol–water partition coefficient (Wildman–Crippen LogP) is 2.51. The summed E-state index contributed by atoms with van der Waals surface area (Å²) in [5, 5.41) is 7.88. The summed E-state index contributed by atoms with van der Waals surface area (Å²) in [6, 6.07) is 9.26. The third-order valence-electron chi connectivity index (χ3n) is 2.66. The zero-order valence-electron chi connectivity index (χ0n) is 10.3. The SMILES string of the molecule is CCC(C#N)S(=O)(=O)N(C)Cc1ccccc1Br. The normalized spacial score (nSPS) is 13.3. The number of hydrogen-bond donors (Lipinski definition) is 0. The molecule has 0 heterocycles. The van der Waals surface area contributed by atoms with Gasteiger partial charge in [-0.3, -0.25) is 0 Å². The molecular weight excluding hydrogens is 316 g/mol. The fourth-order valence-corrected chi connectivity index (χ4v) is 3.26. The molecule has 0 saturated carbocycles. The van der Waals surface area contributed by atoms with Crippen molar-refractivity contribution in [3.05, 3.63) is 34.3 Å². The van der Waals surface area contributed by atoms with Crippen LogP contribution in [0.1, 0.15) is 18.9 Å². The molecule has 0 saturated heterocycles. The number of rotatable bonds is 5. The number of halogens is 1. The Morgan fingerprint density at radius 2 is 2.06 bits per heavy atom. The van der Waals surface area contributed by atoms with E-state index in [2.05, 4.69) is 15.9 Å². The van der Waals surface area contributed by atoms with Crippen molar-refractivity contribution in [3.63, 3.8) is 0 Å². The van der Waals surface area contributed by atoms with E-state index in [1.165, 1.54) is 11.4 Å². The van der Waals surface area contributed by atoms with Gasteiger partial charge in [-0.2, -0.15) is 9.57 Å². The van der Waals surface area contributed by atoms with E-state index in [0.29, 0.717) is 6.42 Å². The van der Waals surface area contributed by atoms with Gasteiger partial charge < -0.3 is 0 Å². The molecule has 1 aromatic carbocycles. The second-order valence-corrected chi connectivity index (χ2v) is 7.00. The van der Waals surface area contributed by atoms with Crippen LogP contribution in [0, 0.1) is 11.3 Å². The van der Waals surface area contributed by atoms with Crippen molar-refractivity contribution < 1.29 is 8.42 Å². The highest BCUT2D eigenvalue weighted by molar-refractivity contribution is 9.10. The van der Waals surface area contributed by atoms with Crippen molar-refractivity contribution in [2.75, 3.05) is 7.05 Å². The van der Waals surface area contributed by atoms with Crippen LogP contribution >= 0.6 is 15.9 Å². The summed E-state index contributed by atoms with van der Waals surface area (Å²) in [5.41, 5.74) is 0.872. The van der Waals surface area contributed by atoms with Gasteiger partial charge in [0.1, 0.15) is 0 Å². The molecular formula is C12H15BrN2O2S. The van der Waals surface area contributed by atoms with E-state index in [0.717, 1.165) is 10.0 Å².